The second-order valence-electron chi connectivity index (χ2n) is 6.79. The molecule has 2 amide bonds. The molecule has 3 aromatic rings. The second kappa shape index (κ2) is 6.15. The summed E-state index contributed by atoms with van der Waals surface area (Å²) in [7, 11) is 1.79. The van der Waals surface area contributed by atoms with Crippen LogP contribution in [0.4, 0.5) is 10.1 Å². The minimum absolute atomic E-state index is 0.274. The molecule has 1 aromatic carbocycles. The Kier molecular flexibility index (Phi) is 3.91. The van der Waals surface area contributed by atoms with Crippen molar-refractivity contribution in [2.75, 3.05) is 5.32 Å². The third-order valence-electron chi connectivity index (χ3n) is 4.72. The van der Waals surface area contributed by atoms with Crippen molar-refractivity contribution in [2.45, 2.75) is 25.7 Å². The van der Waals surface area contributed by atoms with E-state index >= 15 is 0 Å². The van der Waals surface area contributed by atoms with Crippen LogP contribution in [0.15, 0.2) is 24.3 Å². The lowest BCUT2D eigenvalue weighted by molar-refractivity contribution is 0.0992. The molecule has 0 spiro atoms. The predicted octanol–water partition coefficient (Wildman–Crippen LogP) is 2.64. The van der Waals surface area contributed by atoms with Crippen LogP contribution in [-0.4, -0.2) is 26.6 Å². The number of rotatable bonds is 4. The van der Waals surface area contributed by atoms with Crippen LogP contribution in [0.25, 0.3) is 11.0 Å². The van der Waals surface area contributed by atoms with Crippen molar-refractivity contribution in [3.8, 4) is 0 Å². The molecule has 2 heterocycles. The van der Waals surface area contributed by atoms with E-state index in [1.165, 1.54) is 12.1 Å². The topological polar surface area (TPSA) is 103 Å². The zero-order chi connectivity index (χ0) is 19.3. The number of nitrogens with two attached hydrogens (primary N) is 1. The van der Waals surface area contributed by atoms with E-state index < -0.39 is 11.7 Å². The number of benzene rings is 1. The number of carbonyl (C=O) groups is 2. The Morgan fingerprint density at radius 3 is 2.67 bits per heavy atom. The van der Waals surface area contributed by atoms with Crippen LogP contribution in [0.1, 0.15) is 50.9 Å². The Morgan fingerprint density at radius 2 is 2.00 bits per heavy atom. The number of hydrogen-bond acceptors (Lipinski definition) is 4. The van der Waals surface area contributed by atoms with E-state index in [0.29, 0.717) is 28.2 Å². The van der Waals surface area contributed by atoms with E-state index in [-0.39, 0.29) is 17.2 Å². The van der Waals surface area contributed by atoms with E-state index in [0.717, 1.165) is 24.6 Å². The van der Waals surface area contributed by atoms with Gasteiger partial charge >= 0.3 is 0 Å². The summed E-state index contributed by atoms with van der Waals surface area (Å²) in [6.45, 7) is 1.82. The molecule has 8 heteroatoms. The smallest absolute Gasteiger partial charge is 0.256 e. The molecule has 0 aliphatic heterocycles. The Labute approximate surface area is 154 Å². The number of primary amides is 1. The van der Waals surface area contributed by atoms with Crippen LogP contribution >= 0.6 is 0 Å². The van der Waals surface area contributed by atoms with Gasteiger partial charge in [-0.3, -0.25) is 14.3 Å². The molecular formula is C19H18FN5O2. The van der Waals surface area contributed by atoms with Crippen molar-refractivity contribution >= 4 is 28.5 Å². The summed E-state index contributed by atoms with van der Waals surface area (Å²) >= 11 is 0. The molecule has 0 atom stereocenters. The van der Waals surface area contributed by atoms with Crippen molar-refractivity contribution in [1.29, 1.82) is 0 Å². The van der Waals surface area contributed by atoms with Crippen LogP contribution in [0.5, 0.6) is 0 Å². The number of fused-ring (bicyclic) bond motifs is 1. The monoisotopic (exact) mass is 367 g/mol. The first-order valence-electron chi connectivity index (χ1n) is 8.60. The standard InChI is InChI=1S/C19H18FN5O2/c1-9-16-13(8-15(10-3-4-10)23-18(16)25(2)24-9)19(27)22-11-5-6-14(20)12(7-11)17(21)26/h5-8,10H,3-4H2,1-2H3,(H2,21,26)(H,22,27). The zero-order valence-corrected chi connectivity index (χ0v) is 14.9. The van der Waals surface area contributed by atoms with Crippen molar-refractivity contribution in [3.63, 3.8) is 0 Å². The average Bonchev–Trinajstić information content (AvgIpc) is 3.42. The van der Waals surface area contributed by atoms with Gasteiger partial charge in [0.25, 0.3) is 11.8 Å². The normalized spacial score (nSPS) is 13.7. The number of carbonyl (C=O) groups excluding carboxylic acids is 2. The maximum absolute atomic E-state index is 13.7. The molecule has 1 aliphatic carbocycles. The number of nitrogens with zero attached hydrogens (tertiary/aromatic N) is 3. The molecule has 4 rings (SSSR count). The van der Waals surface area contributed by atoms with Gasteiger partial charge in [-0.15, -0.1) is 0 Å². The van der Waals surface area contributed by atoms with E-state index in [9.17, 15) is 14.0 Å². The van der Waals surface area contributed by atoms with Gasteiger partial charge in [0.05, 0.1) is 22.2 Å². The highest BCUT2D eigenvalue weighted by molar-refractivity contribution is 6.13. The highest BCUT2D eigenvalue weighted by atomic mass is 19.1. The van der Waals surface area contributed by atoms with Gasteiger partial charge in [0, 0.05) is 24.3 Å². The van der Waals surface area contributed by atoms with Crippen LogP contribution in [0.2, 0.25) is 0 Å². The van der Waals surface area contributed by atoms with Crippen LogP contribution < -0.4 is 11.1 Å². The molecular weight excluding hydrogens is 349 g/mol. The van der Waals surface area contributed by atoms with Gasteiger partial charge in [0.2, 0.25) is 0 Å². The maximum atomic E-state index is 13.7. The molecule has 27 heavy (non-hydrogen) atoms. The summed E-state index contributed by atoms with van der Waals surface area (Å²) in [5, 5.41) is 7.77. The summed E-state index contributed by atoms with van der Waals surface area (Å²) < 4.78 is 15.3. The first-order chi connectivity index (χ1) is 12.8. The molecule has 0 saturated heterocycles. The van der Waals surface area contributed by atoms with Gasteiger partial charge < -0.3 is 11.1 Å². The summed E-state index contributed by atoms with van der Waals surface area (Å²) in [5.41, 5.74) is 7.86. The molecule has 3 N–H and O–H groups in total. The molecule has 1 aliphatic rings. The molecule has 7 nitrogen and oxygen atoms in total. The number of aryl methyl sites for hydroxylation is 2. The van der Waals surface area contributed by atoms with E-state index in [1.807, 2.05) is 6.92 Å². The van der Waals surface area contributed by atoms with Gasteiger partial charge in [0.1, 0.15) is 5.82 Å². The SMILES string of the molecule is Cc1nn(C)c2nc(C3CC3)cc(C(=O)Nc3ccc(F)c(C(N)=O)c3)c12. The van der Waals surface area contributed by atoms with E-state index in [4.69, 9.17) is 5.73 Å². The van der Waals surface area contributed by atoms with Crippen molar-refractivity contribution in [1.82, 2.24) is 14.8 Å². The first-order valence-corrected chi connectivity index (χ1v) is 8.60. The minimum Gasteiger partial charge on any atom is -0.366 e. The number of anilines is 1. The Balaban J connectivity index is 1.76. The largest absolute Gasteiger partial charge is 0.366 e. The van der Waals surface area contributed by atoms with Gasteiger partial charge in [-0.25, -0.2) is 9.37 Å². The van der Waals surface area contributed by atoms with Gasteiger partial charge in [-0.05, 0) is 44.0 Å². The molecule has 0 unspecified atom stereocenters. The van der Waals surface area contributed by atoms with E-state index in [1.54, 1.807) is 17.8 Å². The van der Waals surface area contributed by atoms with Crippen LogP contribution in [-0.2, 0) is 7.05 Å². The van der Waals surface area contributed by atoms with Crippen molar-refractivity contribution in [2.24, 2.45) is 12.8 Å². The molecule has 0 radical (unpaired) electrons. The predicted molar refractivity (Wildman–Crippen MR) is 98.1 cm³/mol. The number of halogens is 1. The molecule has 138 valence electrons. The molecule has 0 bridgehead atoms. The third-order valence-corrected chi connectivity index (χ3v) is 4.72. The lowest BCUT2D eigenvalue weighted by Crippen LogP contribution is -2.16. The lowest BCUT2D eigenvalue weighted by atomic mass is 10.1. The lowest BCUT2D eigenvalue weighted by Gasteiger charge is -2.10. The number of hydrogen-bond donors (Lipinski definition) is 2. The fraction of sp³-hybridized carbons (Fsp3) is 0.263. The number of amides is 2. The van der Waals surface area contributed by atoms with Crippen LogP contribution in [0.3, 0.4) is 0 Å². The van der Waals surface area contributed by atoms with E-state index in [2.05, 4.69) is 15.4 Å². The highest BCUT2D eigenvalue weighted by Crippen LogP contribution is 2.40. The average molecular weight is 367 g/mol. The Bertz CT molecular complexity index is 1100. The quantitative estimate of drug-likeness (QED) is 0.740. The van der Waals surface area contributed by atoms with Crippen molar-refractivity contribution in [3.05, 3.63) is 52.6 Å². The van der Waals surface area contributed by atoms with Crippen LogP contribution in [0, 0.1) is 12.7 Å². The molecule has 1 saturated carbocycles. The highest BCUT2D eigenvalue weighted by Gasteiger charge is 2.28. The molecule has 2 aromatic heterocycles. The molecule has 1 fully saturated rings. The van der Waals surface area contributed by atoms with Gasteiger partial charge in [-0.2, -0.15) is 5.10 Å². The Hall–Kier alpha value is -3.29. The second-order valence-corrected chi connectivity index (χ2v) is 6.79. The minimum atomic E-state index is -0.894. The van der Waals surface area contributed by atoms with Crippen molar-refractivity contribution < 1.29 is 14.0 Å². The van der Waals surface area contributed by atoms with Gasteiger partial charge in [-0.1, -0.05) is 0 Å². The number of aromatic nitrogens is 3. The maximum Gasteiger partial charge on any atom is 0.256 e. The summed E-state index contributed by atoms with van der Waals surface area (Å²) in [4.78, 5) is 29.0. The zero-order valence-electron chi connectivity index (χ0n) is 14.9. The first kappa shape index (κ1) is 17.1. The Morgan fingerprint density at radius 1 is 1.26 bits per heavy atom. The number of nitrogens with one attached hydrogen (secondary N) is 1. The summed E-state index contributed by atoms with van der Waals surface area (Å²) in [5.74, 6) is -1.63. The summed E-state index contributed by atoms with van der Waals surface area (Å²) in [6, 6.07) is 5.51. The fourth-order valence-electron chi connectivity index (χ4n) is 3.22. The third kappa shape index (κ3) is 3.03. The number of pyridine rings is 1. The summed E-state index contributed by atoms with van der Waals surface area (Å²) in [6.07, 6.45) is 2.10. The van der Waals surface area contributed by atoms with Gasteiger partial charge in [0.15, 0.2) is 5.65 Å². The fourth-order valence-corrected chi connectivity index (χ4v) is 3.22.